The Balaban J connectivity index is 2.09. The third kappa shape index (κ3) is 3.66. The number of nitrogens with zero attached hydrogens (tertiary/aromatic N) is 3. The predicted molar refractivity (Wildman–Crippen MR) is 85.8 cm³/mol. The number of urea groups is 1. The van der Waals surface area contributed by atoms with Gasteiger partial charge in [-0.15, -0.1) is 0 Å². The van der Waals surface area contributed by atoms with Crippen molar-refractivity contribution in [1.29, 1.82) is 0 Å². The van der Waals surface area contributed by atoms with Gasteiger partial charge in [0.2, 0.25) is 10.0 Å². The van der Waals surface area contributed by atoms with Gasteiger partial charge in [-0.1, -0.05) is 0 Å². The van der Waals surface area contributed by atoms with E-state index in [4.69, 9.17) is 0 Å². The van der Waals surface area contributed by atoms with Crippen LogP contribution in [0.25, 0.3) is 0 Å². The van der Waals surface area contributed by atoms with Crippen LogP contribution in [-0.2, 0) is 17.1 Å². The Kier molecular flexibility index (Phi) is 4.66. The van der Waals surface area contributed by atoms with Crippen LogP contribution in [0.15, 0.2) is 23.2 Å². The number of nitrogens with one attached hydrogen (secondary N) is 3. The number of amides is 2. The van der Waals surface area contributed by atoms with E-state index in [2.05, 4.69) is 25.4 Å². The maximum Gasteiger partial charge on any atom is 0.324 e. The van der Waals surface area contributed by atoms with E-state index in [-0.39, 0.29) is 10.7 Å². The number of hydrogen-bond donors (Lipinski definition) is 3. The van der Waals surface area contributed by atoms with Gasteiger partial charge in [0, 0.05) is 13.2 Å². The molecule has 0 aromatic carbocycles. The second-order valence-corrected chi connectivity index (χ2v) is 6.72. The zero-order chi connectivity index (χ0) is 17.2. The third-order valence-electron chi connectivity index (χ3n) is 3.30. The van der Waals surface area contributed by atoms with E-state index in [0.29, 0.717) is 11.4 Å². The van der Waals surface area contributed by atoms with Crippen molar-refractivity contribution in [2.45, 2.75) is 18.7 Å². The lowest BCUT2D eigenvalue weighted by atomic mass is 10.3. The van der Waals surface area contributed by atoms with Crippen LogP contribution in [-0.4, -0.2) is 36.3 Å². The Morgan fingerprint density at radius 3 is 2.39 bits per heavy atom. The van der Waals surface area contributed by atoms with Crippen LogP contribution in [0.3, 0.4) is 0 Å². The zero-order valence-corrected chi connectivity index (χ0v) is 14.0. The number of aryl methyl sites for hydroxylation is 2. The molecule has 2 amide bonds. The molecular formula is C13H18N6O3S. The van der Waals surface area contributed by atoms with Crippen LogP contribution >= 0.6 is 0 Å². The number of carbonyl (C=O) groups is 1. The Morgan fingerprint density at radius 2 is 1.91 bits per heavy atom. The molecular weight excluding hydrogens is 320 g/mol. The molecule has 0 radical (unpaired) electrons. The fourth-order valence-electron chi connectivity index (χ4n) is 1.95. The molecule has 9 nitrogen and oxygen atoms in total. The van der Waals surface area contributed by atoms with Crippen molar-refractivity contribution in [2.24, 2.45) is 7.05 Å². The van der Waals surface area contributed by atoms with Crippen molar-refractivity contribution in [1.82, 2.24) is 19.5 Å². The summed E-state index contributed by atoms with van der Waals surface area (Å²) in [5, 5.41) is 9.44. The van der Waals surface area contributed by atoms with Gasteiger partial charge in [0.25, 0.3) is 0 Å². The standard InChI is InChI=1S/C13H18N6O3S/c1-8-12(9(2)19(4)18-8)17-13(20)16-11-6-5-10(7-15-11)23(21,22)14-3/h5-7,14H,1-4H3,(H2,15,16,17,20). The number of rotatable bonds is 4. The van der Waals surface area contributed by atoms with Crippen LogP contribution in [0.5, 0.6) is 0 Å². The molecule has 0 aliphatic heterocycles. The zero-order valence-electron chi connectivity index (χ0n) is 13.2. The Bertz CT molecular complexity index is 826. The molecule has 0 spiro atoms. The van der Waals surface area contributed by atoms with E-state index in [0.717, 1.165) is 5.69 Å². The van der Waals surface area contributed by atoms with Crippen molar-refractivity contribution >= 4 is 27.6 Å². The number of anilines is 2. The predicted octanol–water partition coefficient (Wildman–Crippen LogP) is 0.984. The molecule has 0 saturated carbocycles. The second kappa shape index (κ2) is 6.34. The Labute approximate surface area is 134 Å². The molecule has 2 aromatic heterocycles. The first-order valence-electron chi connectivity index (χ1n) is 6.72. The number of aromatic nitrogens is 3. The van der Waals surface area contributed by atoms with Gasteiger partial charge in [0.1, 0.15) is 10.7 Å². The van der Waals surface area contributed by atoms with E-state index < -0.39 is 16.1 Å². The fourth-order valence-corrected chi connectivity index (χ4v) is 2.62. The lowest BCUT2D eigenvalue weighted by Gasteiger charge is -2.08. The van der Waals surface area contributed by atoms with Gasteiger partial charge < -0.3 is 5.32 Å². The van der Waals surface area contributed by atoms with Crippen molar-refractivity contribution < 1.29 is 13.2 Å². The molecule has 0 fully saturated rings. The van der Waals surface area contributed by atoms with E-state index in [1.165, 1.54) is 25.4 Å². The van der Waals surface area contributed by atoms with Gasteiger partial charge in [-0.05, 0) is 33.0 Å². The van der Waals surface area contributed by atoms with E-state index in [9.17, 15) is 13.2 Å². The monoisotopic (exact) mass is 338 g/mol. The number of pyridine rings is 1. The lowest BCUT2D eigenvalue weighted by Crippen LogP contribution is -2.21. The molecule has 3 N–H and O–H groups in total. The van der Waals surface area contributed by atoms with Crippen molar-refractivity contribution in [3.8, 4) is 0 Å². The molecule has 0 atom stereocenters. The molecule has 124 valence electrons. The molecule has 0 aliphatic rings. The molecule has 10 heteroatoms. The highest BCUT2D eigenvalue weighted by molar-refractivity contribution is 7.89. The number of carbonyl (C=O) groups excluding carboxylic acids is 1. The smallest absolute Gasteiger partial charge is 0.304 e. The average Bonchev–Trinajstić information content (AvgIpc) is 2.74. The first kappa shape index (κ1) is 16.9. The van der Waals surface area contributed by atoms with Gasteiger partial charge >= 0.3 is 6.03 Å². The summed E-state index contributed by atoms with van der Waals surface area (Å²) in [6.07, 6.45) is 1.17. The second-order valence-electron chi connectivity index (χ2n) is 4.84. The maximum absolute atomic E-state index is 12.0. The van der Waals surface area contributed by atoms with Crippen LogP contribution in [0.1, 0.15) is 11.4 Å². The lowest BCUT2D eigenvalue weighted by molar-refractivity contribution is 0.262. The summed E-state index contributed by atoms with van der Waals surface area (Å²) in [7, 11) is -0.454. The Morgan fingerprint density at radius 1 is 1.22 bits per heavy atom. The fraction of sp³-hybridized carbons (Fsp3) is 0.308. The molecule has 2 rings (SSSR count). The van der Waals surface area contributed by atoms with Crippen LogP contribution in [0, 0.1) is 13.8 Å². The summed E-state index contributed by atoms with van der Waals surface area (Å²) >= 11 is 0. The highest BCUT2D eigenvalue weighted by atomic mass is 32.2. The molecule has 2 heterocycles. The summed E-state index contributed by atoms with van der Waals surface area (Å²) in [5.74, 6) is 0.233. The first-order valence-corrected chi connectivity index (χ1v) is 8.20. The summed E-state index contributed by atoms with van der Waals surface area (Å²) in [5.41, 5.74) is 2.14. The van der Waals surface area contributed by atoms with Gasteiger partial charge in [-0.2, -0.15) is 5.10 Å². The summed E-state index contributed by atoms with van der Waals surface area (Å²) in [6.45, 7) is 3.63. The van der Waals surface area contributed by atoms with Gasteiger partial charge in [-0.25, -0.2) is 22.9 Å². The van der Waals surface area contributed by atoms with Crippen LogP contribution in [0.4, 0.5) is 16.3 Å². The molecule has 0 saturated heterocycles. The highest BCUT2D eigenvalue weighted by Crippen LogP contribution is 2.18. The third-order valence-corrected chi connectivity index (χ3v) is 4.70. The van der Waals surface area contributed by atoms with E-state index in [1.54, 1.807) is 18.7 Å². The molecule has 0 bridgehead atoms. The topological polar surface area (TPSA) is 118 Å². The highest BCUT2D eigenvalue weighted by Gasteiger charge is 2.14. The van der Waals surface area contributed by atoms with Crippen LogP contribution in [0.2, 0.25) is 0 Å². The number of sulfonamides is 1. The minimum absolute atomic E-state index is 0.0184. The molecule has 0 aliphatic carbocycles. The van der Waals surface area contributed by atoms with Gasteiger partial charge in [0.05, 0.1) is 17.1 Å². The Hall–Kier alpha value is -2.46. The molecule has 0 unspecified atom stereocenters. The van der Waals surface area contributed by atoms with E-state index in [1.807, 2.05) is 6.92 Å². The minimum Gasteiger partial charge on any atom is -0.304 e. The largest absolute Gasteiger partial charge is 0.324 e. The summed E-state index contributed by atoms with van der Waals surface area (Å²) in [6, 6.07) is 2.28. The van der Waals surface area contributed by atoms with Crippen molar-refractivity contribution in [3.05, 3.63) is 29.7 Å². The average molecular weight is 338 g/mol. The van der Waals surface area contributed by atoms with Crippen molar-refractivity contribution in [3.63, 3.8) is 0 Å². The van der Waals surface area contributed by atoms with Gasteiger partial charge in [0.15, 0.2) is 0 Å². The van der Waals surface area contributed by atoms with Crippen LogP contribution < -0.4 is 15.4 Å². The molecule has 23 heavy (non-hydrogen) atoms. The summed E-state index contributed by atoms with van der Waals surface area (Å²) in [4.78, 5) is 15.9. The maximum atomic E-state index is 12.0. The normalized spacial score (nSPS) is 11.3. The van der Waals surface area contributed by atoms with E-state index >= 15 is 0 Å². The van der Waals surface area contributed by atoms with Crippen molar-refractivity contribution in [2.75, 3.05) is 17.7 Å². The minimum atomic E-state index is -3.55. The first-order chi connectivity index (χ1) is 10.7. The molecule has 2 aromatic rings. The summed E-state index contributed by atoms with van der Waals surface area (Å²) < 4.78 is 27.0. The van der Waals surface area contributed by atoms with Gasteiger partial charge in [-0.3, -0.25) is 10.00 Å². The number of hydrogen-bond acceptors (Lipinski definition) is 5. The quantitative estimate of drug-likeness (QED) is 0.768. The SMILES string of the molecule is CNS(=O)(=O)c1ccc(NC(=O)Nc2c(C)nn(C)c2C)nc1.